The first-order valence-electron chi connectivity index (χ1n) is 7.54. The summed E-state index contributed by atoms with van der Waals surface area (Å²) in [5.74, 6) is 0.980. The van der Waals surface area contributed by atoms with Gasteiger partial charge in [0.2, 0.25) is 5.75 Å². The van der Waals surface area contributed by atoms with E-state index in [0.29, 0.717) is 28.4 Å². The molecule has 0 saturated heterocycles. The van der Waals surface area contributed by atoms with Crippen LogP contribution in [0.4, 0.5) is 0 Å². The van der Waals surface area contributed by atoms with Gasteiger partial charge in [0.25, 0.3) is 0 Å². The highest BCUT2D eigenvalue weighted by atomic mass is 35.5. The zero-order chi connectivity index (χ0) is 19.3. The summed E-state index contributed by atoms with van der Waals surface area (Å²) in [6.45, 7) is 0. The number of aromatic hydroxyl groups is 1. The fraction of sp³-hybridized carbons (Fsp3) is 0.211. The fourth-order valence-corrected chi connectivity index (χ4v) is 2.56. The van der Waals surface area contributed by atoms with Crippen LogP contribution in [-0.4, -0.2) is 39.3 Å². The Morgan fingerprint density at radius 1 is 0.923 bits per heavy atom. The van der Waals surface area contributed by atoms with Crippen LogP contribution in [-0.2, 0) is 0 Å². The van der Waals surface area contributed by atoms with E-state index in [4.69, 9.17) is 30.5 Å². The van der Waals surface area contributed by atoms with Crippen molar-refractivity contribution in [1.82, 2.24) is 0 Å². The third-order valence-corrected chi connectivity index (χ3v) is 3.94. The van der Waals surface area contributed by atoms with Crippen molar-refractivity contribution in [3.8, 4) is 28.7 Å². The van der Waals surface area contributed by atoms with E-state index in [-0.39, 0.29) is 22.3 Å². The van der Waals surface area contributed by atoms with Gasteiger partial charge in [0.1, 0.15) is 0 Å². The Balaban J connectivity index is 2.35. The second-order valence-corrected chi connectivity index (χ2v) is 5.57. The monoisotopic (exact) mass is 378 g/mol. The number of ketones is 1. The van der Waals surface area contributed by atoms with Crippen LogP contribution in [0, 0.1) is 0 Å². The maximum atomic E-state index is 12.5. The standard InChI is InChI=1S/C19H19ClO6/c1-23-15-8-11(7-13(20)18(15)22)5-6-14(21)12-9-16(24-2)19(26-4)17(10-12)25-3/h5-10,22H,1-4H3. The molecule has 26 heavy (non-hydrogen) atoms. The Labute approximate surface area is 156 Å². The van der Waals surface area contributed by atoms with Crippen molar-refractivity contribution in [3.63, 3.8) is 0 Å². The minimum atomic E-state index is -0.271. The van der Waals surface area contributed by atoms with E-state index in [1.54, 1.807) is 24.3 Å². The maximum Gasteiger partial charge on any atom is 0.203 e. The first-order valence-corrected chi connectivity index (χ1v) is 7.91. The lowest BCUT2D eigenvalue weighted by atomic mass is 10.1. The third kappa shape index (κ3) is 4.03. The molecule has 2 aromatic rings. The zero-order valence-electron chi connectivity index (χ0n) is 14.8. The van der Waals surface area contributed by atoms with E-state index >= 15 is 0 Å². The van der Waals surface area contributed by atoms with Crippen LogP contribution in [0.25, 0.3) is 6.08 Å². The van der Waals surface area contributed by atoms with Crippen molar-refractivity contribution in [2.45, 2.75) is 0 Å². The third-order valence-electron chi connectivity index (χ3n) is 3.65. The average molecular weight is 379 g/mol. The number of halogens is 1. The van der Waals surface area contributed by atoms with E-state index in [2.05, 4.69) is 0 Å². The van der Waals surface area contributed by atoms with Crippen molar-refractivity contribution in [3.05, 3.63) is 46.5 Å². The fourth-order valence-electron chi connectivity index (χ4n) is 2.34. The van der Waals surface area contributed by atoms with Crippen LogP contribution in [0.1, 0.15) is 15.9 Å². The highest BCUT2D eigenvalue weighted by Gasteiger charge is 2.16. The maximum absolute atomic E-state index is 12.5. The Morgan fingerprint density at radius 2 is 1.50 bits per heavy atom. The molecule has 0 fully saturated rings. The molecule has 2 aromatic carbocycles. The van der Waals surface area contributed by atoms with E-state index in [0.717, 1.165) is 0 Å². The second-order valence-electron chi connectivity index (χ2n) is 5.17. The molecule has 6 nitrogen and oxygen atoms in total. The van der Waals surface area contributed by atoms with Crippen molar-refractivity contribution in [2.24, 2.45) is 0 Å². The molecule has 0 atom stereocenters. The van der Waals surface area contributed by atoms with Gasteiger partial charge in [-0.1, -0.05) is 17.7 Å². The predicted molar refractivity (Wildman–Crippen MR) is 99.1 cm³/mol. The van der Waals surface area contributed by atoms with Crippen LogP contribution < -0.4 is 18.9 Å². The van der Waals surface area contributed by atoms with Gasteiger partial charge in [-0.2, -0.15) is 0 Å². The molecule has 7 heteroatoms. The highest BCUT2D eigenvalue weighted by Crippen LogP contribution is 2.38. The summed E-state index contributed by atoms with van der Waals surface area (Å²) in [4.78, 5) is 12.5. The second kappa shape index (κ2) is 8.49. The minimum Gasteiger partial charge on any atom is -0.503 e. The molecular weight excluding hydrogens is 360 g/mol. The lowest BCUT2D eigenvalue weighted by Crippen LogP contribution is -2.00. The summed E-state index contributed by atoms with van der Waals surface area (Å²) in [6.07, 6.45) is 2.95. The van der Waals surface area contributed by atoms with Crippen LogP contribution in [0.2, 0.25) is 5.02 Å². The smallest absolute Gasteiger partial charge is 0.203 e. The molecule has 1 N–H and O–H groups in total. The predicted octanol–water partition coefficient (Wildman–Crippen LogP) is 3.98. The van der Waals surface area contributed by atoms with Gasteiger partial charge in [0, 0.05) is 5.56 Å². The lowest BCUT2D eigenvalue weighted by molar-refractivity contribution is 0.104. The van der Waals surface area contributed by atoms with Crippen molar-refractivity contribution >= 4 is 23.5 Å². The number of benzene rings is 2. The molecule has 0 aliphatic heterocycles. The molecule has 0 heterocycles. The van der Waals surface area contributed by atoms with Gasteiger partial charge in [0.15, 0.2) is 28.8 Å². The summed E-state index contributed by atoms with van der Waals surface area (Å²) in [5.41, 5.74) is 0.970. The number of rotatable bonds is 7. The van der Waals surface area contributed by atoms with Gasteiger partial charge in [-0.15, -0.1) is 0 Å². The molecule has 0 aromatic heterocycles. The molecule has 0 radical (unpaired) electrons. The molecule has 138 valence electrons. The number of carbonyl (C=O) groups is 1. The largest absolute Gasteiger partial charge is 0.503 e. The minimum absolute atomic E-state index is 0.129. The van der Waals surface area contributed by atoms with Crippen molar-refractivity contribution in [1.29, 1.82) is 0 Å². The molecule has 0 aliphatic rings. The number of phenols is 1. The zero-order valence-corrected chi connectivity index (χ0v) is 15.6. The van der Waals surface area contributed by atoms with Gasteiger partial charge in [-0.3, -0.25) is 4.79 Å². The SMILES string of the molecule is COc1cc(C=CC(=O)c2cc(OC)c(OC)c(OC)c2)cc(Cl)c1O. The Morgan fingerprint density at radius 3 is 2.00 bits per heavy atom. The van der Waals surface area contributed by atoms with Crippen molar-refractivity contribution < 1.29 is 28.8 Å². The summed E-state index contributed by atoms with van der Waals surface area (Å²) in [7, 11) is 5.86. The van der Waals surface area contributed by atoms with Gasteiger partial charge in [0.05, 0.1) is 33.5 Å². The molecular formula is C19H19ClO6. The average Bonchev–Trinajstić information content (AvgIpc) is 2.66. The number of phenolic OH excluding ortho intramolecular Hbond substituents is 1. The molecule has 2 rings (SSSR count). The summed E-state index contributed by atoms with van der Waals surface area (Å²) >= 11 is 5.95. The molecule has 0 unspecified atom stereocenters. The first kappa shape index (κ1) is 19.5. The number of ether oxygens (including phenoxy) is 4. The first-order chi connectivity index (χ1) is 12.4. The van der Waals surface area contributed by atoms with Crippen LogP contribution >= 0.6 is 11.6 Å². The Kier molecular flexibility index (Phi) is 6.36. The highest BCUT2D eigenvalue weighted by molar-refractivity contribution is 6.32. The summed E-state index contributed by atoms with van der Waals surface area (Å²) in [5, 5.41) is 9.88. The molecule has 0 aliphatic carbocycles. The topological polar surface area (TPSA) is 74.2 Å². The number of allylic oxidation sites excluding steroid dienone is 1. The van der Waals surface area contributed by atoms with Gasteiger partial charge in [-0.05, 0) is 35.9 Å². The van der Waals surface area contributed by atoms with Gasteiger partial charge >= 0.3 is 0 Å². The molecule has 0 saturated carbocycles. The van der Waals surface area contributed by atoms with E-state index in [1.807, 2.05) is 0 Å². The number of hydrogen-bond acceptors (Lipinski definition) is 6. The van der Waals surface area contributed by atoms with Crippen LogP contribution in [0.3, 0.4) is 0 Å². The van der Waals surface area contributed by atoms with Crippen molar-refractivity contribution in [2.75, 3.05) is 28.4 Å². The van der Waals surface area contributed by atoms with E-state index in [9.17, 15) is 9.90 Å². The summed E-state index contributed by atoms with van der Waals surface area (Å²) < 4.78 is 20.8. The van der Waals surface area contributed by atoms with Gasteiger partial charge in [-0.25, -0.2) is 0 Å². The number of hydrogen-bond donors (Lipinski definition) is 1. The van der Waals surface area contributed by atoms with Crippen LogP contribution in [0.15, 0.2) is 30.3 Å². The van der Waals surface area contributed by atoms with Gasteiger partial charge < -0.3 is 24.1 Å². The molecule has 0 bridgehead atoms. The number of methoxy groups -OCH3 is 4. The van der Waals surface area contributed by atoms with Crippen LogP contribution in [0.5, 0.6) is 28.7 Å². The Bertz CT molecular complexity index is 819. The normalized spacial score (nSPS) is 10.7. The number of carbonyl (C=O) groups excluding carboxylic acids is 1. The van der Waals surface area contributed by atoms with E-state index in [1.165, 1.54) is 40.6 Å². The molecule has 0 amide bonds. The van der Waals surface area contributed by atoms with E-state index < -0.39 is 0 Å². The lowest BCUT2D eigenvalue weighted by Gasteiger charge is -2.13. The summed E-state index contributed by atoms with van der Waals surface area (Å²) in [6, 6.07) is 6.23. The quantitative estimate of drug-likeness (QED) is 0.580. The Hall–Kier alpha value is -2.86. The molecule has 0 spiro atoms.